The van der Waals surface area contributed by atoms with E-state index in [1.165, 1.54) is 17.9 Å². The van der Waals surface area contributed by atoms with Crippen LogP contribution in [0.4, 0.5) is 5.82 Å². The lowest BCUT2D eigenvalue weighted by Gasteiger charge is -2.16. The lowest BCUT2D eigenvalue weighted by atomic mass is 10.2. The van der Waals surface area contributed by atoms with Crippen molar-refractivity contribution in [2.75, 3.05) is 25.6 Å². The van der Waals surface area contributed by atoms with Gasteiger partial charge >= 0.3 is 0 Å². The zero-order valence-corrected chi connectivity index (χ0v) is 11.2. The van der Waals surface area contributed by atoms with Crippen molar-refractivity contribution in [2.24, 2.45) is 0 Å². The predicted molar refractivity (Wildman–Crippen MR) is 70.9 cm³/mol. The minimum Gasteiger partial charge on any atom is -0.394 e. The van der Waals surface area contributed by atoms with Crippen LogP contribution in [0, 0.1) is 6.92 Å². The van der Waals surface area contributed by atoms with Crippen LogP contribution in [0.3, 0.4) is 0 Å². The fraction of sp³-hybridized carbons (Fsp3) is 0.545. The number of hydrogen-bond donors (Lipinski definition) is 2. The van der Waals surface area contributed by atoms with Gasteiger partial charge in [0.1, 0.15) is 17.0 Å². The van der Waals surface area contributed by atoms with E-state index < -0.39 is 0 Å². The second-order valence-corrected chi connectivity index (χ2v) is 4.73. The van der Waals surface area contributed by atoms with Gasteiger partial charge in [0.05, 0.1) is 23.7 Å². The molecule has 1 unspecified atom stereocenters. The maximum Gasteiger partial charge on any atom is 0.149 e. The monoisotopic (exact) mass is 268 g/mol. The van der Waals surface area contributed by atoms with Gasteiger partial charge in [0.25, 0.3) is 0 Å². The highest BCUT2D eigenvalue weighted by Crippen LogP contribution is 2.26. The average molecular weight is 268 g/mol. The minimum absolute atomic E-state index is 0.0332. The molecule has 98 valence electrons. The largest absolute Gasteiger partial charge is 0.394 e. The SMILES string of the molecule is COCCC(CO)Nc1ncnc2snc(C)c12. The maximum atomic E-state index is 9.33. The van der Waals surface area contributed by atoms with Crippen LogP contribution in [-0.4, -0.2) is 45.8 Å². The van der Waals surface area contributed by atoms with Crippen molar-refractivity contribution < 1.29 is 9.84 Å². The minimum atomic E-state index is -0.0812. The van der Waals surface area contributed by atoms with E-state index in [0.717, 1.165) is 28.1 Å². The maximum absolute atomic E-state index is 9.33. The molecular formula is C11H16N4O2S. The molecule has 0 spiro atoms. The van der Waals surface area contributed by atoms with Crippen LogP contribution in [0.2, 0.25) is 0 Å². The van der Waals surface area contributed by atoms with Gasteiger partial charge < -0.3 is 15.2 Å². The number of aromatic nitrogens is 3. The summed E-state index contributed by atoms with van der Waals surface area (Å²) in [7, 11) is 1.64. The van der Waals surface area contributed by atoms with Crippen LogP contribution in [0.15, 0.2) is 6.33 Å². The number of aliphatic hydroxyl groups is 1. The molecule has 2 N–H and O–H groups in total. The standard InChI is InChI=1S/C11H16N4O2S/c1-7-9-10(12-6-13-11(9)18-15-7)14-8(5-16)3-4-17-2/h6,8,16H,3-5H2,1-2H3,(H,12,13,14). The van der Waals surface area contributed by atoms with Crippen molar-refractivity contribution in [3.8, 4) is 0 Å². The van der Waals surface area contributed by atoms with E-state index in [9.17, 15) is 5.11 Å². The number of ether oxygens (including phenoxy) is 1. The topological polar surface area (TPSA) is 80.2 Å². The number of methoxy groups -OCH3 is 1. The third-order valence-corrected chi connectivity index (χ3v) is 3.52. The first-order chi connectivity index (χ1) is 8.76. The van der Waals surface area contributed by atoms with E-state index in [1.54, 1.807) is 7.11 Å². The second-order valence-electron chi connectivity index (χ2n) is 3.98. The fourth-order valence-electron chi connectivity index (χ4n) is 1.69. The van der Waals surface area contributed by atoms with E-state index in [0.29, 0.717) is 6.61 Å². The van der Waals surface area contributed by atoms with Crippen LogP contribution < -0.4 is 5.32 Å². The molecule has 0 aliphatic carbocycles. The fourth-order valence-corrected chi connectivity index (χ4v) is 2.44. The molecule has 0 bridgehead atoms. The number of hydrogen-bond acceptors (Lipinski definition) is 7. The number of aryl methyl sites for hydroxylation is 1. The van der Waals surface area contributed by atoms with Crippen LogP contribution >= 0.6 is 11.5 Å². The number of aliphatic hydroxyl groups excluding tert-OH is 1. The molecule has 6 nitrogen and oxygen atoms in total. The molecule has 7 heteroatoms. The smallest absolute Gasteiger partial charge is 0.149 e. The summed E-state index contributed by atoms with van der Waals surface area (Å²) in [5.74, 6) is 0.724. The third-order valence-electron chi connectivity index (χ3n) is 2.68. The van der Waals surface area contributed by atoms with E-state index in [2.05, 4.69) is 19.7 Å². The zero-order valence-electron chi connectivity index (χ0n) is 10.4. The van der Waals surface area contributed by atoms with Crippen LogP contribution in [0.5, 0.6) is 0 Å². The molecule has 1 atom stereocenters. The van der Waals surface area contributed by atoms with E-state index >= 15 is 0 Å². The first-order valence-corrected chi connectivity index (χ1v) is 6.47. The van der Waals surface area contributed by atoms with Gasteiger partial charge in [-0.2, -0.15) is 4.37 Å². The molecule has 0 aliphatic rings. The number of fused-ring (bicyclic) bond motifs is 1. The normalized spacial score (nSPS) is 12.8. The van der Waals surface area contributed by atoms with Gasteiger partial charge in [-0.05, 0) is 24.9 Å². The zero-order chi connectivity index (χ0) is 13.0. The number of anilines is 1. The third kappa shape index (κ3) is 2.74. The Kier molecular flexibility index (Phi) is 4.40. The van der Waals surface area contributed by atoms with E-state index in [1.807, 2.05) is 6.92 Å². The Morgan fingerprint density at radius 1 is 1.50 bits per heavy atom. The first-order valence-electron chi connectivity index (χ1n) is 5.69. The Hall–Kier alpha value is -1.31. The molecule has 2 rings (SSSR count). The van der Waals surface area contributed by atoms with Gasteiger partial charge in [0, 0.05) is 13.7 Å². The first kappa shape index (κ1) is 13.1. The highest BCUT2D eigenvalue weighted by molar-refractivity contribution is 7.13. The van der Waals surface area contributed by atoms with Gasteiger partial charge in [0.15, 0.2) is 0 Å². The summed E-state index contributed by atoms with van der Waals surface area (Å²) in [5.41, 5.74) is 0.904. The summed E-state index contributed by atoms with van der Waals surface area (Å²) in [6, 6.07) is -0.0812. The van der Waals surface area contributed by atoms with Gasteiger partial charge in [-0.1, -0.05) is 0 Å². The lowest BCUT2D eigenvalue weighted by molar-refractivity contribution is 0.174. The highest BCUT2D eigenvalue weighted by atomic mass is 32.1. The molecule has 2 heterocycles. The Balaban J connectivity index is 2.22. The summed E-state index contributed by atoms with van der Waals surface area (Å²) in [5, 5.41) is 13.5. The van der Waals surface area contributed by atoms with Crippen LogP contribution in [0.25, 0.3) is 10.2 Å². The van der Waals surface area contributed by atoms with Crippen LogP contribution in [0.1, 0.15) is 12.1 Å². The molecule has 0 aromatic carbocycles. The van der Waals surface area contributed by atoms with Crippen molar-refractivity contribution in [3.05, 3.63) is 12.0 Å². The van der Waals surface area contributed by atoms with Crippen LogP contribution in [-0.2, 0) is 4.74 Å². The van der Waals surface area contributed by atoms with E-state index in [-0.39, 0.29) is 12.6 Å². The Bertz CT molecular complexity index is 517. The second kappa shape index (κ2) is 6.03. The van der Waals surface area contributed by atoms with Crippen molar-refractivity contribution >= 4 is 27.6 Å². The Morgan fingerprint density at radius 2 is 2.33 bits per heavy atom. The lowest BCUT2D eigenvalue weighted by Crippen LogP contribution is -2.26. The average Bonchev–Trinajstić information content (AvgIpc) is 2.77. The summed E-state index contributed by atoms with van der Waals surface area (Å²) in [6.07, 6.45) is 2.22. The molecule has 2 aromatic heterocycles. The van der Waals surface area contributed by atoms with Gasteiger partial charge in [0.2, 0.25) is 0 Å². The molecule has 0 radical (unpaired) electrons. The highest BCUT2D eigenvalue weighted by Gasteiger charge is 2.13. The summed E-state index contributed by atoms with van der Waals surface area (Å²) < 4.78 is 9.28. The van der Waals surface area contributed by atoms with Crippen molar-refractivity contribution in [2.45, 2.75) is 19.4 Å². The van der Waals surface area contributed by atoms with Crippen molar-refractivity contribution in [1.29, 1.82) is 0 Å². The Morgan fingerprint density at radius 3 is 3.06 bits per heavy atom. The Labute approximate surface area is 109 Å². The molecule has 0 saturated carbocycles. The number of rotatable bonds is 6. The van der Waals surface area contributed by atoms with Crippen molar-refractivity contribution in [1.82, 2.24) is 14.3 Å². The molecule has 0 saturated heterocycles. The summed E-state index contributed by atoms with van der Waals surface area (Å²) >= 11 is 1.35. The molecular weight excluding hydrogens is 252 g/mol. The van der Waals surface area contributed by atoms with Crippen molar-refractivity contribution in [3.63, 3.8) is 0 Å². The molecule has 2 aromatic rings. The van der Waals surface area contributed by atoms with Gasteiger partial charge in [-0.3, -0.25) is 0 Å². The van der Waals surface area contributed by atoms with E-state index in [4.69, 9.17) is 4.74 Å². The van der Waals surface area contributed by atoms with Gasteiger partial charge in [-0.25, -0.2) is 9.97 Å². The number of nitrogens with zero attached hydrogens (tertiary/aromatic N) is 3. The quantitative estimate of drug-likeness (QED) is 0.819. The summed E-state index contributed by atoms with van der Waals surface area (Å²) in [6.45, 7) is 2.55. The number of nitrogens with one attached hydrogen (secondary N) is 1. The predicted octanol–water partition coefficient (Wildman–Crippen LogP) is 1.20. The summed E-state index contributed by atoms with van der Waals surface area (Å²) in [4.78, 5) is 9.26. The molecule has 0 aliphatic heterocycles. The molecule has 18 heavy (non-hydrogen) atoms. The molecule has 0 fully saturated rings. The van der Waals surface area contributed by atoms with Gasteiger partial charge in [-0.15, -0.1) is 0 Å². The molecule has 0 amide bonds.